The summed E-state index contributed by atoms with van der Waals surface area (Å²) in [6.45, 7) is 13.2. The summed E-state index contributed by atoms with van der Waals surface area (Å²) in [6.07, 6.45) is 3.74. The zero-order valence-electron chi connectivity index (χ0n) is 11.0. The number of rotatable bonds is 1. The fourth-order valence-electron chi connectivity index (χ4n) is 2.10. The summed E-state index contributed by atoms with van der Waals surface area (Å²) in [5.41, 5.74) is 0.522. The molecule has 88 valence electrons. The van der Waals surface area contributed by atoms with E-state index < -0.39 is 0 Å². The van der Waals surface area contributed by atoms with Gasteiger partial charge < -0.3 is 4.90 Å². The van der Waals surface area contributed by atoms with E-state index in [0.717, 1.165) is 18.9 Å². The summed E-state index contributed by atoms with van der Waals surface area (Å²) in [7, 11) is 0. The summed E-state index contributed by atoms with van der Waals surface area (Å²) in [5, 5.41) is 8.15. The first-order valence-electron chi connectivity index (χ1n) is 6.12. The van der Waals surface area contributed by atoms with Crippen LogP contribution in [0.2, 0.25) is 0 Å². The van der Waals surface area contributed by atoms with E-state index in [2.05, 4.69) is 39.5 Å². The Morgan fingerprint density at radius 1 is 1.27 bits per heavy atom. The Labute approximate surface area is 94.6 Å². The van der Waals surface area contributed by atoms with Gasteiger partial charge in [0.25, 0.3) is 0 Å². The van der Waals surface area contributed by atoms with Gasteiger partial charge in [-0.3, -0.25) is 5.41 Å². The van der Waals surface area contributed by atoms with E-state index in [1.165, 1.54) is 19.3 Å². The molecule has 1 rings (SSSR count). The molecule has 0 atom stereocenters. The topological polar surface area (TPSA) is 27.1 Å². The third-order valence-electron chi connectivity index (χ3n) is 3.85. The number of hydrogen-bond donors (Lipinski definition) is 1. The number of hydrogen-bond acceptors (Lipinski definition) is 1. The minimum atomic E-state index is -0.0000436. The molecule has 0 saturated carbocycles. The van der Waals surface area contributed by atoms with Crippen molar-refractivity contribution in [3.8, 4) is 0 Å². The molecule has 1 fully saturated rings. The molecule has 0 aromatic heterocycles. The maximum atomic E-state index is 8.15. The van der Waals surface area contributed by atoms with Crippen LogP contribution in [0.4, 0.5) is 0 Å². The molecule has 1 aliphatic rings. The second-order valence-corrected chi connectivity index (χ2v) is 6.25. The maximum Gasteiger partial charge on any atom is 0.101 e. The lowest BCUT2D eigenvalue weighted by molar-refractivity contribution is 0.155. The Morgan fingerprint density at radius 2 is 1.73 bits per heavy atom. The molecule has 1 heterocycles. The number of likely N-dealkylation sites (tertiary alicyclic amines) is 1. The van der Waals surface area contributed by atoms with Crippen LogP contribution in [0.15, 0.2) is 0 Å². The zero-order valence-corrected chi connectivity index (χ0v) is 11.0. The van der Waals surface area contributed by atoms with E-state index in [4.69, 9.17) is 5.41 Å². The fourth-order valence-corrected chi connectivity index (χ4v) is 2.10. The van der Waals surface area contributed by atoms with Crippen molar-refractivity contribution in [2.45, 2.75) is 53.9 Å². The number of piperidine rings is 1. The van der Waals surface area contributed by atoms with Gasteiger partial charge in [-0.25, -0.2) is 0 Å². The largest absolute Gasteiger partial charge is 0.360 e. The summed E-state index contributed by atoms with van der Waals surface area (Å²) in [5.74, 6) is 0.806. The van der Waals surface area contributed by atoms with E-state index in [1.807, 2.05) is 0 Å². The smallest absolute Gasteiger partial charge is 0.101 e. The van der Waals surface area contributed by atoms with Crippen molar-refractivity contribution in [3.63, 3.8) is 0 Å². The quantitative estimate of drug-likeness (QED) is 0.520. The van der Waals surface area contributed by atoms with E-state index in [-0.39, 0.29) is 5.41 Å². The van der Waals surface area contributed by atoms with Crippen LogP contribution >= 0.6 is 0 Å². The van der Waals surface area contributed by atoms with Crippen LogP contribution < -0.4 is 0 Å². The lowest BCUT2D eigenvalue weighted by Gasteiger charge is -2.42. The number of nitrogens with one attached hydrogen (secondary N) is 1. The molecule has 0 unspecified atom stereocenters. The standard InChI is InChI=1S/C13H26N2/c1-6-13(5)7-9-15(10-8-13)11(14)12(2,3)4/h14H,6-10H2,1-5H3. The van der Waals surface area contributed by atoms with Crippen molar-refractivity contribution in [2.24, 2.45) is 10.8 Å². The van der Waals surface area contributed by atoms with Gasteiger partial charge in [-0.1, -0.05) is 41.0 Å². The van der Waals surface area contributed by atoms with Crippen LogP contribution in [0, 0.1) is 16.2 Å². The van der Waals surface area contributed by atoms with Gasteiger partial charge in [-0.2, -0.15) is 0 Å². The Hall–Kier alpha value is -0.530. The number of amidine groups is 1. The Balaban J connectivity index is 2.55. The SMILES string of the molecule is CCC1(C)CCN(C(=N)C(C)(C)C)CC1. The highest BCUT2D eigenvalue weighted by molar-refractivity contribution is 5.84. The summed E-state index contributed by atoms with van der Waals surface area (Å²) < 4.78 is 0. The minimum absolute atomic E-state index is 0.0000436. The molecule has 0 amide bonds. The minimum Gasteiger partial charge on any atom is -0.360 e. The first kappa shape index (κ1) is 12.5. The van der Waals surface area contributed by atoms with Gasteiger partial charge in [0.1, 0.15) is 5.84 Å². The predicted octanol–water partition coefficient (Wildman–Crippen LogP) is 3.52. The van der Waals surface area contributed by atoms with Crippen molar-refractivity contribution in [3.05, 3.63) is 0 Å². The molecule has 1 saturated heterocycles. The van der Waals surface area contributed by atoms with E-state index >= 15 is 0 Å². The van der Waals surface area contributed by atoms with Crippen molar-refractivity contribution in [1.82, 2.24) is 4.90 Å². The molecular formula is C13H26N2. The van der Waals surface area contributed by atoms with Crippen LogP contribution in [-0.2, 0) is 0 Å². The first-order chi connectivity index (χ1) is 6.78. The molecule has 0 aromatic carbocycles. The van der Waals surface area contributed by atoms with Crippen molar-refractivity contribution >= 4 is 5.84 Å². The van der Waals surface area contributed by atoms with Crippen molar-refractivity contribution in [2.75, 3.05) is 13.1 Å². The molecule has 15 heavy (non-hydrogen) atoms. The lowest BCUT2D eigenvalue weighted by atomic mass is 9.77. The molecule has 0 aliphatic carbocycles. The van der Waals surface area contributed by atoms with Gasteiger partial charge in [-0.05, 0) is 18.3 Å². The third kappa shape index (κ3) is 2.96. The van der Waals surface area contributed by atoms with Gasteiger partial charge in [0, 0.05) is 18.5 Å². The number of nitrogens with zero attached hydrogens (tertiary/aromatic N) is 1. The average Bonchev–Trinajstić information content (AvgIpc) is 2.17. The summed E-state index contributed by atoms with van der Waals surface area (Å²) in [6, 6.07) is 0. The van der Waals surface area contributed by atoms with Crippen LogP contribution in [0.1, 0.15) is 53.9 Å². The van der Waals surface area contributed by atoms with Gasteiger partial charge in [0.05, 0.1) is 0 Å². The molecule has 0 bridgehead atoms. The molecule has 2 heteroatoms. The molecule has 0 radical (unpaired) electrons. The van der Waals surface area contributed by atoms with Crippen LogP contribution in [0.5, 0.6) is 0 Å². The average molecular weight is 210 g/mol. The third-order valence-corrected chi connectivity index (χ3v) is 3.85. The molecule has 0 aromatic rings. The van der Waals surface area contributed by atoms with E-state index in [0.29, 0.717) is 5.41 Å². The molecule has 1 aliphatic heterocycles. The molecule has 1 N–H and O–H groups in total. The van der Waals surface area contributed by atoms with E-state index in [1.54, 1.807) is 0 Å². The Morgan fingerprint density at radius 3 is 2.07 bits per heavy atom. The zero-order chi connectivity index (χ0) is 11.7. The molecule has 2 nitrogen and oxygen atoms in total. The lowest BCUT2D eigenvalue weighted by Crippen LogP contribution is -2.46. The molecular weight excluding hydrogens is 184 g/mol. The predicted molar refractivity (Wildman–Crippen MR) is 66.4 cm³/mol. The summed E-state index contributed by atoms with van der Waals surface area (Å²) in [4.78, 5) is 2.26. The van der Waals surface area contributed by atoms with Gasteiger partial charge in [-0.15, -0.1) is 0 Å². The van der Waals surface area contributed by atoms with Crippen molar-refractivity contribution < 1.29 is 0 Å². The highest BCUT2D eigenvalue weighted by Crippen LogP contribution is 2.35. The van der Waals surface area contributed by atoms with Gasteiger partial charge in [0.2, 0.25) is 0 Å². The maximum absolute atomic E-state index is 8.15. The Bertz CT molecular complexity index is 229. The van der Waals surface area contributed by atoms with Crippen LogP contribution in [-0.4, -0.2) is 23.8 Å². The van der Waals surface area contributed by atoms with Crippen molar-refractivity contribution in [1.29, 1.82) is 5.41 Å². The second-order valence-electron chi connectivity index (χ2n) is 6.25. The summed E-state index contributed by atoms with van der Waals surface area (Å²) >= 11 is 0. The van der Waals surface area contributed by atoms with Gasteiger partial charge in [0.15, 0.2) is 0 Å². The van der Waals surface area contributed by atoms with Crippen LogP contribution in [0.3, 0.4) is 0 Å². The molecule has 0 spiro atoms. The Kier molecular flexibility index (Phi) is 3.47. The van der Waals surface area contributed by atoms with E-state index in [9.17, 15) is 0 Å². The second kappa shape index (κ2) is 4.15. The van der Waals surface area contributed by atoms with Gasteiger partial charge >= 0.3 is 0 Å². The van der Waals surface area contributed by atoms with Crippen LogP contribution in [0.25, 0.3) is 0 Å². The monoisotopic (exact) mass is 210 g/mol. The highest BCUT2D eigenvalue weighted by Gasteiger charge is 2.32. The highest BCUT2D eigenvalue weighted by atomic mass is 15.2. The first-order valence-corrected chi connectivity index (χ1v) is 6.12. The normalized spacial score (nSPS) is 21.5. The fraction of sp³-hybridized carbons (Fsp3) is 0.923.